The molecule has 10 heteroatoms. The fraction of sp³-hybridized carbons (Fsp3) is 0.155. The first-order valence-electron chi connectivity index (χ1n) is 31.7. The molecule has 14 rings (SSSR count). The van der Waals surface area contributed by atoms with Crippen LogP contribution in [-0.2, 0) is 16.2 Å². The molecular weight excluding hydrogens is 1180 g/mol. The third-order valence-corrected chi connectivity index (χ3v) is 18.1. The maximum absolute atomic E-state index is 17.1. The van der Waals surface area contributed by atoms with Crippen molar-refractivity contribution in [2.45, 2.75) is 78.6 Å². The normalized spacial score (nSPS) is 12.7. The molecular formula is C84H69F5N4O. The molecule has 0 atom stereocenters. The summed E-state index contributed by atoms with van der Waals surface area (Å²) < 4.78 is 91.1. The van der Waals surface area contributed by atoms with Crippen LogP contribution in [0.1, 0.15) is 79.0 Å². The van der Waals surface area contributed by atoms with Crippen molar-refractivity contribution in [1.29, 1.82) is 0 Å². The third kappa shape index (κ3) is 11.2. The topological polar surface area (TPSA) is 33.5 Å². The second-order valence-corrected chi connectivity index (χ2v) is 27.5. The van der Waals surface area contributed by atoms with Crippen molar-refractivity contribution in [1.82, 2.24) is 9.55 Å². The summed E-state index contributed by atoms with van der Waals surface area (Å²) in [6.07, 6.45) is 1.87. The SMILES string of the molecule is CC(C)(C)c1cc(-c2cc(-c3ccccc3)cc(-c3c(F)c(F)c(F)c(F)c3F)c2N2CN(c3cc(Oc4ccc5c6ccccc6n(-c6cc(C(C)(C)C)ccn6)c5c4)cc(-c4cc(-c5ccccc5)cc(-c5ccccc5)c4)c3)c3ccccc32)cc(C(C)(C)C)c1. The van der Waals surface area contributed by atoms with E-state index in [1.165, 1.54) is 0 Å². The molecule has 11 aromatic carbocycles. The smallest absolute Gasteiger partial charge is 0.200 e. The molecule has 94 heavy (non-hydrogen) atoms. The van der Waals surface area contributed by atoms with Crippen LogP contribution >= 0.6 is 0 Å². The quantitative estimate of drug-likeness (QED) is 0.0734. The number of benzene rings is 11. The molecule has 1 aliphatic heterocycles. The number of aromatic nitrogens is 2. The largest absolute Gasteiger partial charge is 0.457 e. The number of nitrogens with zero attached hydrogens (tertiary/aromatic N) is 4. The van der Waals surface area contributed by atoms with Crippen molar-refractivity contribution < 1.29 is 26.7 Å². The van der Waals surface area contributed by atoms with Gasteiger partial charge in [-0.1, -0.05) is 202 Å². The van der Waals surface area contributed by atoms with E-state index in [0.717, 1.165) is 77.7 Å². The van der Waals surface area contributed by atoms with E-state index >= 15 is 22.0 Å². The number of pyridine rings is 1. The van der Waals surface area contributed by atoms with Crippen LogP contribution in [0, 0.1) is 29.1 Å². The van der Waals surface area contributed by atoms with Crippen LogP contribution in [0.2, 0.25) is 0 Å². The molecule has 0 saturated heterocycles. The number of hydrogen-bond donors (Lipinski definition) is 0. The lowest BCUT2D eigenvalue weighted by atomic mass is 9.78. The van der Waals surface area contributed by atoms with Crippen molar-refractivity contribution in [3.63, 3.8) is 0 Å². The van der Waals surface area contributed by atoms with Crippen LogP contribution < -0.4 is 14.5 Å². The Morgan fingerprint density at radius 1 is 0.351 bits per heavy atom. The van der Waals surface area contributed by atoms with Crippen LogP contribution in [-0.4, -0.2) is 16.2 Å². The highest BCUT2D eigenvalue weighted by Crippen LogP contribution is 2.54. The predicted octanol–water partition coefficient (Wildman–Crippen LogP) is 23.8. The minimum absolute atomic E-state index is 0.0133. The van der Waals surface area contributed by atoms with Gasteiger partial charge < -0.3 is 14.5 Å². The second kappa shape index (κ2) is 23.5. The summed E-state index contributed by atoms with van der Waals surface area (Å²) in [5, 5.41) is 2.10. The number of hydrogen-bond acceptors (Lipinski definition) is 4. The molecule has 0 amide bonds. The minimum atomic E-state index is -2.24. The fourth-order valence-corrected chi connectivity index (χ4v) is 13.0. The highest BCUT2D eigenvalue weighted by atomic mass is 19.2. The van der Waals surface area contributed by atoms with E-state index in [9.17, 15) is 0 Å². The van der Waals surface area contributed by atoms with Crippen LogP contribution in [0.4, 0.5) is 44.7 Å². The van der Waals surface area contributed by atoms with E-state index in [1.54, 1.807) is 6.07 Å². The number of ether oxygens (including phenoxy) is 1. The monoisotopic (exact) mass is 1240 g/mol. The van der Waals surface area contributed by atoms with Crippen molar-refractivity contribution in [3.8, 4) is 84.1 Å². The Morgan fingerprint density at radius 3 is 1.40 bits per heavy atom. The molecule has 466 valence electrons. The van der Waals surface area contributed by atoms with E-state index in [-0.39, 0.29) is 34.2 Å². The number of para-hydroxylation sites is 3. The standard InChI is InChI=1S/C84H69F5N4O/c1-82(2,3)60-35-36-90-74(47-60)93-70-30-20-19-29-66(70)67-34-33-64(49-73(67)93)94-65-43-57(56-38-54(51-23-13-10-14-24-51)37-55(39-56)52-25-15-11-16-26-52)42-63(48-65)91-50-92(72-32-22-21-31-71(72)91)81-68(59-40-61(83(4,5)6)46-62(41-59)84(7,8)9)44-58(53-27-17-12-18-28-53)45-69(81)75-76(85)78(87)80(89)79(88)77(75)86/h10-49H,50H2,1-9H3. The molecule has 3 heterocycles. The van der Waals surface area contributed by atoms with Crippen molar-refractivity contribution in [2.75, 3.05) is 16.5 Å². The summed E-state index contributed by atoms with van der Waals surface area (Å²) >= 11 is 0. The Labute approximate surface area is 545 Å². The maximum atomic E-state index is 17.1. The van der Waals surface area contributed by atoms with Crippen LogP contribution in [0.15, 0.2) is 243 Å². The summed E-state index contributed by atoms with van der Waals surface area (Å²) in [5.74, 6) is -8.33. The summed E-state index contributed by atoms with van der Waals surface area (Å²) in [5.41, 5.74) is 13.4. The zero-order valence-corrected chi connectivity index (χ0v) is 53.9. The Morgan fingerprint density at radius 2 is 0.830 bits per heavy atom. The van der Waals surface area contributed by atoms with E-state index in [2.05, 4.69) is 175 Å². The van der Waals surface area contributed by atoms with E-state index < -0.39 is 34.6 Å². The lowest BCUT2D eigenvalue weighted by Gasteiger charge is -2.30. The van der Waals surface area contributed by atoms with Crippen molar-refractivity contribution in [2.24, 2.45) is 0 Å². The van der Waals surface area contributed by atoms with Gasteiger partial charge in [0.2, 0.25) is 5.82 Å². The summed E-state index contributed by atoms with van der Waals surface area (Å²) in [6, 6.07) is 78.9. The second-order valence-electron chi connectivity index (χ2n) is 27.5. The first kappa shape index (κ1) is 61.0. The molecule has 0 aliphatic carbocycles. The number of anilines is 4. The Hall–Kier alpha value is -10.6. The van der Waals surface area contributed by atoms with E-state index in [4.69, 9.17) is 9.72 Å². The number of halogens is 5. The molecule has 2 aromatic heterocycles. The van der Waals surface area contributed by atoms with Gasteiger partial charge in [0.05, 0.1) is 33.7 Å². The molecule has 0 unspecified atom stereocenters. The van der Waals surface area contributed by atoms with Crippen LogP contribution in [0.5, 0.6) is 11.5 Å². The van der Waals surface area contributed by atoms with Gasteiger partial charge in [0, 0.05) is 45.9 Å². The molecule has 0 spiro atoms. The van der Waals surface area contributed by atoms with Gasteiger partial charge in [-0.05, 0) is 168 Å². The third-order valence-electron chi connectivity index (χ3n) is 18.1. The van der Waals surface area contributed by atoms with Crippen molar-refractivity contribution >= 4 is 44.6 Å². The fourth-order valence-electron chi connectivity index (χ4n) is 13.0. The Bertz CT molecular complexity index is 4980. The zero-order valence-electron chi connectivity index (χ0n) is 53.9. The molecule has 1 aliphatic rings. The first-order chi connectivity index (χ1) is 45.0. The van der Waals surface area contributed by atoms with Gasteiger partial charge in [-0.2, -0.15) is 0 Å². The highest BCUT2D eigenvalue weighted by Gasteiger charge is 2.37. The number of rotatable bonds is 11. The average Bonchev–Trinajstić information content (AvgIpc) is 1.37. The zero-order chi connectivity index (χ0) is 65.5. The van der Waals surface area contributed by atoms with Crippen LogP contribution in [0.25, 0.3) is 94.4 Å². The summed E-state index contributed by atoms with van der Waals surface area (Å²) in [4.78, 5) is 9.01. The Balaban J connectivity index is 1.01. The summed E-state index contributed by atoms with van der Waals surface area (Å²) in [7, 11) is 0. The van der Waals surface area contributed by atoms with Gasteiger partial charge in [0.25, 0.3) is 0 Å². The maximum Gasteiger partial charge on any atom is 0.200 e. The lowest BCUT2D eigenvalue weighted by Crippen LogP contribution is -2.25. The highest BCUT2D eigenvalue weighted by molar-refractivity contribution is 6.09. The van der Waals surface area contributed by atoms with E-state index in [1.807, 2.05) is 138 Å². The molecule has 0 bridgehead atoms. The molecule has 5 nitrogen and oxygen atoms in total. The number of fused-ring (bicyclic) bond motifs is 4. The van der Waals surface area contributed by atoms with Gasteiger partial charge >= 0.3 is 0 Å². The van der Waals surface area contributed by atoms with Crippen molar-refractivity contribution in [3.05, 3.63) is 289 Å². The van der Waals surface area contributed by atoms with E-state index in [0.29, 0.717) is 50.8 Å². The Kier molecular flexibility index (Phi) is 15.3. The minimum Gasteiger partial charge on any atom is -0.457 e. The summed E-state index contributed by atoms with van der Waals surface area (Å²) in [6.45, 7) is 19.4. The van der Waals surface area contributed by atoms with Gasteiger partial charge in [0.15, 0.2) is 23.3 Å². The lowest BCUT2D eigenvalue weighted by molar-refractivity contribution is 0.381. The predicted molar refractivity (Wildman–Crippen MR) is 376 cm³/mol. The molecule has 13 aromatic rings. The molecule has 0 saturated carbocycles. The van der Waals surface area contributed by atoms with Gasteiger partial charge in [-0.15, -0.1) is 0 Å². The van der Waals surface area contributed by atoms with Gasteiger partial charge in [-0.3, -0.25) is 4.57 Å². The van der Waals surface area contributed by atoms with Gasteiger partial charge in [0.1, 0.15) is 24.0 Å². The van der Waals surface area contributed by atoms with Crippen LogP contribution in [0.3, 0.4) is 0 Å². The molecule has 0 fully saturated rings. The average molecular weight is 1250 g/mol. The molecule has 0 N–H and O–H groups in total. The van der Waals surface area contributed by atoms with Gasteiger partial charge in [-0.25, -0.2) is 26.9 Å². The first-order valence-corrected chi connectivity index (χ1v) is 31.7. The molecule has 0 radical (unpaired) electrons.